The maximum atomic E-state index is 12.4. The number of rotatable bonds is 8. The first-order chi connectivity index (χ1) is 15.1. The maximum absolute atomic E-state index is 12.4. The molecule has 1 amide bonds. The van der Waals surface area contributed by atoms with Crippen LogP contribution < -0.4 is 15.9 Å². The van der Waals surface area contributed by atoms with E-state index in [-0.39, 0.29) is 21.6 Å². The molecule has 10 nitrogen and oxygen atoms in total. The second-order valence-electron chi connectivity index (χ2n) is 6.67. The lowest BCUT2D eigenvalue weighted by atomic mass is 10.2. The Morgan fingerprint density at radius 1 is 1.22 bits per heavy atom. The van der Waals surface area contributed by atoms with Gasteiger partial charge in [-0.3, -0.25) is 4.79 Å². The molecule has 3 aromatic rings. The molecule has 1 aromatic heterocycles. The molecule has 3 N–H and O–H groups in total. The van der Waals surface area contributed by atoms with Crippen LogP contribution in [0.4, 0.5) is 5.69 Å². The molecule has 0 aliphatic rings. The summed E-state index contributed by atoms with van der Waals surface area (Å²) in [4.78, 5) is 12.3. The molecule has 0 radical (unpaired) electrons. The molecule has 13 heteroatoms. The molecule has 0 bridgehead atoms. The standard InChI is InChI=1S/C19H21ClN6O4S2/c1-25(2)32(28,29)16-10-13(6-9-15(16)20)22-17(27)11-31-19-24-23-18(26(19)21)12-4-7-14(30-3)8-5-12/h4-10H,11,21H2,1-3H3,(H,22,27). The number of hydrogen-bond acceptors (Lipinski definition) is 8. The largest absolute Gasteiger partial charge is 0.497 e. The van der Waals surface area contributed by atoms with Crippen LogP contribution in [0, 0.1) is 0 Å². The minimum atomic E-state index is -3.76. The van der Waals surface area contributed by atoms with E-state index in [9.17, 15) is 13.2 Å². The molecule has 2 aromatic carbocycles. The zero-order valence-corrected chi connectivity index (χ0v) is 19.8. The van der Waals surface area contributed by atoms with Crippen LogP contribution in [-0.4, -0.2) is 60.5 Å². The zero-order valence-electron chi connectivity index (χ0n) is 17.4. The van der Waals surface area contributed by atoms with Crippen molar-refractivity contribution >= 4 is 45.0 Å². The highest BCUT2D eigenvalue weighted by Crippen LogP contribution is 2.27. The minimum Gasteiger partial charge on any atom is -0.497 e. The van der Waals surface area contributed by atoms with Gasteiger partial charge in [0.1, 0.15) is 10.6 Å². The Morgan fingerprint density at radius 3 is 2.53 bits per heavy atom. The average Bonchev–Trinajstić information content (AvgIpc) is 3.13. The van der Waals surface area contributed by atoms with Crippen LogP contribution in [0.2, 0.25) is 5.02 Å². The number of nitrogen functional groups attached to an aromatic ring is 1. The van der Waals surface area contributed by atoms with E-state index in [1.807, 2.05) is 0 Å². The van der Waals surface area contributed by atoms with Gasteiger partial charge in [-0.1, -0.05) is 23.4 Å². The Balaban J connectivity index is 1.68. The van der Waals surface area contributed by atoms with Gasteiger partial charge in [-0.05, 0) is 42.5 Å². The van der Waals surface area contributed by atoms with Crippen molar-refractivity contribution in [3.05, 3.63) is 47.5 Å². The SMILES string of the molecule is COc1ccc(-c2nnc(SCC(=O)Nc3ccc(Cl)c(S(=O)(=O)N(C)C)c3)n2N)cc1. The number of anilines is 1. The molecule has 32 heavy (non-hydrogen) atoms. The highest BCUT2D eigenvalue weighted by molar-refractivity contribution is 7.99. The smallest absolute Gasteiger partial charge is 0.244 e. The first kappa shape index (κ1) is 23.9. The van der Waals surface area contributed by atoms with Crippen LogP contribution in [0.3, 0.4) is 0 Å². The van der Waals surface area contributed by atoms with E-state index in [1.165, 1.54) is 37.0 Å². The molecular formula is C19H21ClN6O4S2. The lowest BCUT2D eigenvalue weighted by Gasteiger charge is -2.14. The number of nitrogens with one attached hydrogen (secondary N) is 1. The summed E-state index contributed by atoms with van der Waals surface area (Å²) >= 11 is 7.12. The summed E-state index contributed by atoms with van der Waals surface area (Å²) in [5.41, 5.74) is 1.04. The minimum absolute atomic E-state index is 0.0175. The van der Waals surface area contributed by atoms with Gasteiger partial charge in [-0.2, -0.15) is 0 Å². The molecule has 0 aliphatic heterocycles. The quantitative estimate of drug-likeness (QED) is 0.358. The molecule has 0 saturated heterocycles. The number of carbonyl (C=O) groups is 1. The van der Waals surface area contributed by atoms with Gasteiger partial charge in [-0.15, -0.1) is 10.2 Å². The van der Waals surface area contributed by atoms with Gasteiger partial charge < -0.3 is 15.9 Å². The number of methoxy groups -OCH3 is 1. The number of nitrogens with two attached hydrogens (primary N) is 1. The summed E-state index contributed by atoms with van der Waals surface area (Å²) in [6, 6.07) is 11.4. The fourth-order valence-electron chi connectivity index (χ4n) is 2.62. The number of benzene rings is 2. The van der Waals surface area contributed by atoms with E-state index in [0.717, 1.165) is 21.6 Å². The third kappa shape index (κ3) is 5.15. The van der Waals surface area contributed by atoms with E-state index in [1.54, 1.807) is 31.4 Å². The van der Waals surface area contributed by atoms with Crippen LogP contribution in [0.25, 0.3) is 11.4 Å². The van der Waals surface area contributed by atoms with Gasteiger partial charge in [-0.25, -0.2) is 17.4 Å². The second kappa shape index (κ2) is 9.77. The van der Waals surface area contributed by atoms with Crippen molar-refractivity contribution < 1.29 is 17.9 Å². The molecule has 0 fully saturated rings. The zero-order chi connectivity index (χ0) is 23.5. The summed E-state index contributed by atoms with van der Waals surface area (Å²) in [7, 11) is 0.619. The normalized spacial score (nSPS) is 11.5. The molecule has 170 valence electrons. The van der Waals surface area contributed by atoms with Crippen LogP contribution in [0.5, 0.6) is 5.75 Å². The van der Waals surface area contributed by atoms with Crippen molar-refractivity contribution in [1.29, 1.82) is 0 Å². The van der Waals surface area contributed by atoms with Crippen molar-refractivity contribution in [3.8, 4) is 17.1 Å². The summed E-state index contributed by atoms with van der Waals surface area (Å²) < 4.78 is 32.2. The third-order valence-corrected chi connectivity index (χ3v) is 7.56. The summed E-state index contributed by atoms with van der Waals surface area (Å²) in [5, 5.41) is 11.2. The van der Waals surface area contributed by atoms with Gasteiger partial charge >= 0.3 is 0 Å². The topological polar surface area (TPSA) is 132 Å². The lowest BCUT2D eigenvalue weighted by Crippen LogP contribution is -2.23. The number of carbonyl (C=O) groups excluding carboxylic acids is 1. The number of amides is 1. The molecular weight excluding hydrogens is 476 g/mol. The predicted molar refractivity (Wildman–Crippen MR) is 124 cm³/mol. The molecule has 0 atom stereocenters. The Hall–Kier alpha value is -2.80. The number of thioether (sulfide) groups is 1. The average molecular weight is 497 g/mol. The Morgan fingerprint density at radius 2 is 1.91 bits per heavy atom. The lowest BCUT2D eigenvalue weighted by molar-refractivity contribution is -0.113. The van der Waals surface area contributed by atoms with Crippen molar-refractivity contribution in [1.82, 2.24) is 19.2 Å². The Bertz CT molecular complexity index is 1230. The predicted octanol–water partition coefficient (Wildman–Crippen LogP) is 2.30. The van der Waals surface area contributed by atoms with Gasteiger partial charge in [0.2, 0.25) is 21.1 Å². The van der Waals surface area contributed by atoms with Crippen LogP contribution in [0.1, 0.15) is 0 Å². The van der Waals surface area contributed by atoms with E-state index in [2.05, 4.69) is 15.5 Å². The van der Waals surface area contributed by atoms with Crippen LogP contribution in [0.15, 0.2) is 52.5 Å². The molecule has 0 saturated carbocycles. The van der Waals surface area contributed by atoms with Crippen molar-refractivity contribution in [2.75, 3.05) is 38.1 Å². The van der Waals surface area contributed by atoms with Crippen LogP contribution >= 0.6 is 23.4 Å². The monoisotopic (exact) mass is 496 g/mol. The number of hydrogen-bond donors (Lipinski definition) is 2. The third-order valence-electron chi connectivity index (χ3n) is 4.32. The second-order valence-corrected chi connectivity index (χ2v) is 10.1. The van der Waals surface area contributed by atoms with Gasteiger partial charge in [0.25, 0.3) is 0 Å². The Labute approximate surface area is 194 Å². The maximum Gasteiger partial charge on any atom is 0.244 e. The van der Waals surface area contributed by atoms with Crippen molar-refractivity contribution in [3.63, 3.8) is 0 Å². The molecule has 3 rings (SSSR count). The van der Waals surface area contributed by atoms with Crippen LogP contribution in [-0.2, 0) is 14.8 Å². The molecule has 0 spiro atoms. The van der Waals surface area contributed by atoms with E-state index < -0.39 is 10.0 Å². The number of sulfonamides is 1. The van der Waals surface area contributed by atoms with E-state index >= 15 is 0 Å². The Kier molecular flexibility index (Phi) is 7.29. The number of nitrogens with zero attached hydrogens (tertiary/aromatic N) is 4. The first-order valence-corrected chi connectivity index (χ1v) is 11.9. The van der Waals surface area contributed by atoms with Gasteiger partial charge in [0, 0.05) is 25.3 Å². The number of ether oxygens (including phenoxy) is 1. The molecule has 0 unspecified atom stereocenters. The summed E-state index contributed by atoms with van der Waals surface area (Å²) in [5.74, 6) is 6.82. The van der Waals surface area contributed by atoms with Gasteiger partial charge in [0.05, 0.1) is 17.9 Å². The highest BCUT2D eigenvalue weighted by atomic mass is 35.5. The fourth-order valence-corrected chi connectivity index (χ4v) is 4.67. The molecule has 0 aliphatic carbocycles. The van der Waals surface area contributed by atoms with E-state index in [4.69, 9.17) is 22.2 Å². The van der Waals surface area contributed by atoms with Gasteiger partial charge in [0.15, 0.2) is 5.82 Å². The highest BCUT2D eigenvalue weighted by Gasteiger charge is 2.21. The van der Waals surface area contributed by atoms with Crippen molar-refractivity contribution in [2.24, 2.45) is 0 Å². The number of halogens is 1. The van der Waals surface area contributed by atoms with E-state index in [0.29, 0.717) is 22.4 Å². The first-order valence-electron chi connectivity index (χ1n) is 9.13. The summed E-state index contributed by atoms with van der Waals surface area (Å²) in [6.07, 6.45) is 0. The number of aromatic nitrogens is 3. The van der Waals surface area contributed by atoms with Crippen molar-refractivity contribution in [2.45, 2.75) is 10.1 Å². The summed E-state index contributed by atoms with van der Waals surface area (Å²) in [6.45, 7) is 0. The fraction of sp³-hybridized carbons (Fsp3) is 0.211. The molecule has 1 heterocycles.